The monoisotopic (exact) mass is 310 g/mol. The molecule has 2 heterocycles. The Labute approximate surface area is 131 Å². The van der Waals surface area contributed by atoms with Crippen molar-refractivity contribution in [1.29, 1.82) is 0 Å². The van der Waals surface area contributed by atoms with Gasteiger partial charge in [-0.3, -0.25) is 9.69 Å². The third-order valence-corrected chi connectivity index (χ3v) is 5.81. The third-order valence-electron chi connectivity index (χ3n) is 4.91. The maximum atomic E-state index is 11.5. The fourth-order valence-corrected chi connectivity index (χ4v) is 4.14. The van der Waals surface area contributed by atoms with Gasteiger partial charge < -0.3 is 5.11 Å². The molecule has 0 amide bonds. The van der Waals surface area contributed by atoms with Gasteiger partial charge >= 0.3 is 5.97 Å². The number of carboxylic acids is 1. The molecule has 2 unspecified atom stereocenters. The molecule has 0 aromatic carbocycles. The minimum Gasteiger partial charge on any atom is -0.481 e. The summed E-state index contributed by atoms with van der Waals surface area (Å²) in [7, 11) is 0. The van der Waals surface area contributed by atoms with Crippen molar-refractivity contribution in [3.05, 3.63) is 15.6 Å². The second-order valence-electron chi connectivity index (χ2n) is 6.71. The largest absolute Gasteiger partial charge is 0.481 e. The summed E-state index contributed by atoms with van der Waals surface area (Å²) in [5.74, 6) is -0.492. The third kappa shape index (κ3) is 3.29. The van der Waals surface area contributed by atoms with Crippen LogP contribution in [-0.2, 0) is 4.79 Å². The van der Waals surface area contributed by atoms with E-state index in [4.69, 9.17) is 0 Å². The van der Waals surface area contributed by atoms with Crippen LogP contribution in [0.2, 0.25) is 0 Å². The van der Waals surface area contributed by atoms with Gasteiger partial charge in [0.1, 0.15) is 0 Å². The quantitative estimate of drug-likeness (QED) is 0.922. The molecule has 4 nitrogen and oxygen atoms in total. The van der Waals surface area contributed by atoms with Crippen LogP contribution in [0.4, 0.5) is 0 Å². The number of hydrogen-bond donors (Lipinski definition) is 1. The van der Waals surface area contributed by atoms with Gasteiger partial charge in [-0.05, 0) is 59.9 Å². The number of aryl methyl sites for hydroxylation is 2. The Morgan fingerprint density at radius 3 is 2.67 bits per heavy atom. The van der Waals surface area contributed by atoms with Gasteiger partial charge in [0.2, 0.25) is 0 Å². The molecular formula is C16H26N2O2S. The lowest BCUT2D eigenvalue weighted by Gasteiger charge is -2.41. The highest BCUT2D eigenvalue weighted by molar-refractivity contribution is 7.11. The van der Waals surface area contributed by atoms with Crippen molar-refractivity contribution in [1.82, 2.24) is 9.88 Å². The number of carboxylic acid groups (broad SMARTS) is 1. The van der Waals surface area contributed by atoms with Crippen LogP contribution in [0.25, 0.3) is 0 Å². The van der Waals surface area contributed by atoms with Crippen molar-refractivity contribution < 1.29 is 9.90 Å². The first-order valence-corrected chi connectivity index (χ1v) is 8.46. The van der Waals surface area contributed by atoms with Gasteiger partial charge in [0.25, 0.3) is 0 Å². The molecule has 2 atom stereocenters. The molecular weight excluding hydrogens is 284 g/mol. The van der Waals surface area contributed by atoms with Crippen molar-refractivity contribution in [2.24, 2.45) is 11.3 Å². The van der Waals surface area contributed by atoms with Gasteiger partial charge in [0.15, 0.2) is 0 Å². The van der Waals surface area contributed by atoms with Crippen LogP contribution < -0.4 is 0 Å². The summed E-state index contributed by atoms with van der Waals surface area (Å²) in [6.45, 7) is 11.9. The first kappa shape index (κ1) is 16.4. The van der Waals surface area contributed by atoms with Crippen molar-refractivity contribution in [3.63, 3.8) is 0 Å². The van der Waals surface area contributed by atoms with E-state index in [1.165, 1.54) is 4.88 Å². The summed E-state index contributed by atoms with van der Waals surface area (Å²) >= 11 is 1.74. The Bertz CT molecular complexity index is 524. The smallest absolute Gasteiger partial charge is 0.309 e. The number of nitrogens with zero attached hydrogens (tertiary/aromatic N) is 2. The van der Waals surface area contributed by atoms with E-state index in [-0.39, 0.29) is 12.0 Å². The molecule has 1 fully saturated rings. The summed E-state index contributed by atoms with van der Waals surface area (Å²) < 4.78 is 0. The van der Waals surface area contributed by atoms with E-state index in [0.717, 1.165) is 36.6 Å². The van der Waals surface area contributed by atoms with E-state index in [0.29, 0.717) is 0 Å². The number of carbonyl (C=O) groups is 1. The molecule has 118 valence electrons. The van der Waals surface area contributed by atoms with E-state index in [1.54, 1.807) is 11.3 Å². The summed E-state index contributed by atoms with van der Waals surface area (Å²) in [6, 6.07) is 0.266. The Balaban J connectivity index is 2.14. The van der Waals surface area contributed by atoms with Crippen molar-refractivity contribution in [2.75, 3.05) is 13.1 Å². The molecule has 1 aromatic rings. The zero-order chi connectivity index (χ0) is 15.8. The molecule has 21 heavy (non-hydrogen) atoms. The van der Waals surface area contributed by atoms with E-state index in [2.05, 4.69) is 23.7 Å². The lowest BCUT2D eigenvalue weighted by Crippen LogP contribution is -2.45. The van der Waals surface area contributed by atoms with Gasteiger partial charge in [-0.15, -0.1) is 11.3 Å². The number of piperidine rings is 1. The number of likely N-dealkylation sites (tertiary alicyclic amines) is 1. The lowest BCUT2D eigenvalue weighted by molar-refractivity contribution is -0.151. The Kier molecular flexibility index (Phi) is 4.73. The highest BCUT2D eigenvalue weighted by atomic mass is 32.1. The lowest BCUT2D eigenvalue weighted by atomic mass is 9.74. The van der Waals surface area contributed by atoms with Crippen molar-refractivity contribution in [3.8, 4) is 0 Å². The topological polar surface area (TPSA) is 53.4 Å². The minimum atomic E-state index is -0.692. The van der Waals surface area contributed by atoms with E-state index >= 15 is 0 Å². The standard InChI is InChI=1S/C16H26N2O2S/c1-10(14-11(2)21-12(3)17-14)18-8-6-7-13(9-18)16(4,5)15(19)20/h10,13H,6-9H2,1-5H3,(H,19,20). The van der Waals surface area contributed by atoms with E-state index in [9.17, 15) is 9.90 Å². The number of aromatic nitrogens is 1. The summed E-state index contributed by atoms with van der Waals surface area (Å²) in [5, 5.41) is 10.6. The molecule has 0 spiro atoms. The average molecular weight is 310 g/mol. The second-order valence-corrected chi connectivity index (χ2v) is 8.12. The predicted molar refractivity (Wildman–Crippen MR) is 85.7 cm³/mol. The highest BCUT2D eigenvalue weighted by Crippen LogP contribution is 2.37. The van der Waals surface area contributed by atoms with Crippen LogP contribution in [0.15, 0.2) is 0 Å². The predicted octanol–water partition coefficient (Wildman–Crippen LogP) is 3.64. The molecule has 0 bridgehead atoms. The molecule has 1 saturated heterocycles. The average Bonchev–Trinajstić information content (AvgIpc) is 2.76. The molecule has 1 aliphatic rings. The van der Waals surface area contributed by atoms with Crippen molar-refractivity contribution in [2.45, 2.75) is 53.5 Å². The molecule has 1 aliphatic heterocycles. The van der Waals surface area contributed by atoms with Gasteiger partial charge in [0.05, 0.1) is 22.2 Å². The van der Waals surface area contributed by atoms with Crippen LogP contribution in [0, 0.1) is 25.2 Å². The van der Waals surface area contributed by atoms with Crippen LogP contribution in [0.5, 0.6) is 0 Å². The van der Waals surface area contributed by atoms with Crippen LogP contribution in [0.3, 0.4) is 0 Å². The maximum Gasteiger partial charge on any atom is 0.309 e. The fraction of sp³-hybridized carbons (Fsp3) is 0.750. The number of thiazole rings is 1. The molecule has 1 aromatic heterocycles. The molecule has 0 aliphatic carbocycles. The maximum absolute atomic E-state index is 11.5. The van der Waals surface area contributed by atoms with Gasteiger partial charge in [-0.25, -0.2) is 4.98 Å². The summed E-state index contributed by atoms with van der Waals surface area (Å²) in [4.78, 5) is 19.8. The molecule has 0 saturated carbocycles. The molecule has 2 rings (SSSR count). The van der Waals surface area contributed by atoms with E-state index < -0.39 is 11.4 Å². The number of aliphatic carboxylic acids is 1. The van der Waals surface area contributed by atoms with Gasteiger partial charge in [0, 0.05) is 11.4 Å². The Morgan fingerprint density at radius 2 is 2.14 bits per heavy atom. The SMILES string of the molecule is Cc1nc(C(C)N2CCCC(C(C)(C)C(=O)O)C2)c(C)s1. The normalized spacial score (nSPS) is 22.2. The van der Waals surface area contributed by atoms with E-state index in [1.807, 2.05) is 20.8 Å². The zero-order valence-corrected chi connectivity index (χ0v) is 14.5. The molecule has 1 N–H and O–H groups in total. The zero-order valence-electron chi connectivity index (χ0n) is 13.6. The Hall–Kier alpha value is -0.940. The molecule has 5 heteroatoms. The highest BCUT2D eigenvalue weighted by Gasteiger charge is 2.40. The van der Waals surface area contributed by atoms with Gasteiger partial charge in [-0.2, -0.15) is 0 Å². The summed E-state index contributed by atoms with van der Waals surface area (Å²) in [5.41, 5.74) is 0.497. The first-order chi connectivity index (χ1) is 9.73. The van der Waals surface area contributed by atoms with Crippen LogP contribution >= 0.6 is 11.3 Å². The number of rotatable bonds is 4. The van der Waals surface area contributed by atoms with Gasteiger partial charge in [-0.1, -0.05) is 0 Å². The number of hydrogen-bond acceptors (Lipinski definition) is 4. The van der Waals surface area contributed by atoms with Crippen LogP contribution in [0.1, 0.15) is 55.2 Å². The van der Waals surface area contributed by atoms with Crippen LogP contribution in [-0.4, -0.2) is 34.0 Å². The second kappa shape index (κ2) is 6.05. The molecule has 0 radical (unpaired) electrons. The van der Waals surface area contributed by atoms with Crippen molar-refractivity contribution >= 4 is 17.3 Å². The minimum absolute atomic E-state index is 0.200. The Morgan fingerprint density at radius 1 is 1.48 bits per heavy atom. The fourth-order valence-electron chi connectivity index (χ4n) is 3.23. The summed E-state index contributed by atoms with van der Waals surface area (Å²) in [6.07, 6.45) is 2.06. The first-order valence-electron chi connectivity index (χ1n) is 7.65.